The molecule has 3 N–H and O–H groups in total. The van der Waals surface area contributed by atoms with Gasteiger partial charge in [0.2, 0.25) is 0 Å². The number of anilines is 3. The lowest BCUT2D eigenvalue weighted by Gasteiger charge is -2.07. The maximum atomic E-state index is 12.9. The highest BCUT2D eigenvalue weighted by atomic mass is 32.1. The Hall–Kier alpha value is -2.40. The second kappa shape index (κ2) is 5.54. The summed E-state index contributed by atoms with van der Waals surface area (Å²) in [7, 11) is 0. The van der Waals surface area contributed by atoms with Crippen molar-refractivity contribution < 1.29 is 4.39 Å². The normalized spacial score (nSPS) is 10.6. The minimum Gasteiger partial charge on any atom is -0.399 e. The van der Waals surface area contributed by atoms with Crippen molar-refractivity contribution in [3.8, 4) is 11.3 Å². The van der Waals surface area contributed by atoms with E-state index in [1.807, 2.05) is 30.5 Å². The molecule has 0 spiro atoms. The van der Waals surface area contributed by atoms with E-state index in [0.29, 0.717) is 0 Å². The maximum Gasteiger partial charge on any atom is 0.187 e. The fourth-order valence-corrected chi connectivity index (χ4v) is 2.76. The molecule has 0 unspecified atom stereocenters. The molecule has 3 aromatic rings. The van der Waals surface area contributed by atoms with E-state index in [-0.39, 0.29) is 5.82 Å². The van der Waals surface area contributed by atoms with E-state index in [0.717, 1.165) is 33.3 Å². The van der Waals surface area contributed by atoms with E-state index in [9.17, 15) is 4.39 Å². The molecule has 0 radical (unpaired) electrons. The summed E-state index contributed by atoms with van der Waals surface area (Å²) < 4.78 is 12.9. The van der Waals surface area contributed by atoms with Crippen LogP contribution in [0.1, 0.15) is 5.56 Å². The lowest BCUT2D eigenvalue weighted by molar-refractivity contribution is 0.628. The maximum absolute atomic E-state index is 12.9. The summed E-state index contributed by atoms with van der Waals surface area (Å²) in [5.41, 5.74) is 10.2. The summed E-state index contributed by atoms with van der Waals surface area (Å²) in [6.07, 6.45) is 0. The van der Waals surface area contributed by atoms with Crippen LogP contribution >= 0.6 is 11.3 Å². The van der Waals surface area contributed by atoms with Gasteiger partial charge in [-0.2, -0.15) is 0 Å². The molecule has 2 aromatic carbocycles. The zero-order valence-electron chi connectivity index (χ0n) is 11.4. The highest BCUT2D eigenvalue weighted by Crippen LogP contribution is 2.28. The molecule has 0 atom stereocenters. The molecular formula is C16H14FN3S. The van der Waals surface area contributed by atoms with Gasteiger partial charge in [0.15, 0.2) is 5.13 Å². The molecule has 0 amide bonds. The fourth-order valence-electron chi connectivity index (χ4n) is 2.03. The van der Waals surface area contributed by atoms with E-state index in [1.54, 1.807) is 12.1 Å². The minimum absolute atomic E-state index is 0.246. The Labute approximate surface area is 126 Å². The molecule has 0 aliphatic heterocycles. The predicted octanol–water partition coefficient (Wildman–Crippen LogP) is 4.58. The first-order valence-electron chi connectivity index (χ1n) is 6.46. The summed E-state index contributed by atoms with van der Waals surface area (Å²) in [5.74, 6) is -0.246. The van der Waals surface area contributed by atoms with Gasteiger partial charge in [0.05, 0.1) is 5.69 Å². The Bertz CT molecular complexity index is 765. The van der Waals surface area contributed by atoms with Gasteiger partial charge < -0.3 is 11.1 Å². The molecule has 3 nitrogen and oxygen atoms in total. The third-order valence-corrected chi connectivity index (χ3v) is 3.89. The van der Waals surface area contributed by atoms with E-state index < -0.39 is 0 Å². The predicted molar refractivity (Wildman–Crippen MR) is 86.4 cm³/mol. The largest absolute Gasteiger partial charge is 0.399 e. The number of nitrogens with zero attached hydrogens (tertiary/aromatic N) is 1. The number of nitrogen functional groups attached to an aromatic ring is 1. The number of hydrogen-bond acceptors (Lipinski definition) is 4. The molecule has 0 bridgehead atoms. The zero-order chi connectivity index (χ0) is 14.8. The van der Waals surface area contributed by atoms with Crippen molar-refractivity contribution in [1.82, 2.24) is 4.98 Å². The van der Waals surface area contributed by atoms with Crippen LogP contribution in [0.25, 0.3) is 11.3 Å². The second-order valence-corrected chi connectivity index (χ2v) is 5.60. The number of hydrogen-bond donors (Lipinski definition) is 2. The molecule has 0 fully saturated rings. The molecule has 5 heteroatoms. The SMILES string of the molecule is Cc1cc(N)ccc1Nc1nc(-c2ccc(F)cc2)cs1. The number of nitrogens with one attached hydrogen (secondary N) is 1. The molecule has 0 saturated carbocycles. The monoisotopic (exact) mass is 299 g/mol. The van der Waals surface area contributed by atoms with Crippen LogP contribution in [0.4, 0.5) is 20.9 Å². The van der Waals surface area contributed by atoms with Crippen molar-refractivity contribution in [2.24, 2.45) is 0 Å². The Morgan fingerprint density at radius 3 is 2.62 bits per heavy atom. The summed E-state index contributed by atoms with van der Waals surface area (Å²) in [4.78, 5) is 4.52. The summed E-state index contributed by atoms with van der Waals surface area (Å²) in [6, 6.07) is 12.0. The Morgan fingerprint density at radius 1 is 1.14 bits per heavy atom. The van der Waals surface area contributed by atoms with Gasteiger partial charge in [0.1, 0.15) is 5.82 Å². The smallest absolute Gasteiger partial charge is 0.187 e. The first-order valence-corrected chi connectivity index (χ1v) is 7.34. The molecule has 0 aliphatic carbocycles. The van der Waals surface area contributed by atoms with Crippen LogP contribution in [0.2, 0.25) is 0 Å². The summed E-state index contributed by atoms with van der Waals surface area (Å²) in [6.45, 7) is 1.99. The summed E-state index contributed by atoms with van der Waals surface area (Å²) in [5, 5.41) is 6.02. The van der Waals surface area contributed by atoms with Crippen molar-refractivity contribution in [1.29, 1.82) is 0 Å². The number of aromatic nitrogens is 1. The zero-order valence-corrected chi connectivity index (χ0v) is 12.2. The first-order chi connectivity index (χ1) is 10.1. The van der Waals surface area contributed by atoms with Gasteiger partial charge in [-0.15, -0.1) is 11.3 Å². The fraction of sp³-hybridized carbons (Fsp3) is 0.0625. The van der Waals surface area contributed by atoms with Gasteiger partial charge in [-0.1, -0.05) is 0 Å². The van der Waals surface area contributed by atoms with Gasteiger partial charge >= 0.3 is 0 Å². The van der Waals surface area contributed by atoms with Crippen LogP contribution in [-0.4, -0.2) is 4.98 Å². The Kier molecular flexibility index (Phi) is 3.58. The topological polar surface area (TPSA) is 50.9 Å². The number of aryl methyl sites for hydroxylation is 1. The number of rotatable bonds is 3. The average Bonchev–Trinajstić information content (AvgIpc) is 2.91. The number of benzene rings is 2. The molecule has 106 valence electrons. The number of thiazole rings is 1. The van der Waals surface area contributed by atoms with Crippen LogP contribution < -0.4 is 11.1 Å². The minimum atomic E-state index is -0.246. The van der Waals surface area contributed by atoms with Gasteiger partial charge in [-0.3, -0.25) is 0 Å². The highest BCUT2D eigenvalue weighted by molar-refractivity contribution is 7.14. The third-order valence-electron chi connectivity index (χ3n) is 3.14. The summed E-state index contributed by atoms with van der Waals surface area (Å²) >= 11 is 1.51. The van der Waals surface area contributed by atoms with Crippen LogP contribution in [0, 0.1) is 12.7 Å². The van der Waals surface area contributed by atoms with Gasteiger partial charge in [0, 0.05) is 22.3 Å². The van der Waals surface area contributed by atoms with Gasteiger partial charge in [0.25, 0.3) is 0 Å². The number of halogens is 1. The van der Waals surface area contributed by atoms with Crippen molar-refractivity contribution in [3.63, 3.8) is 0 Å². The van der Waals surface area contributed by atoms with E-state index in [1.165, 1.54) is 23.5 Å². The molecule has 0 aliphatic rings. The van der Waals surface area contributed by atoms with Crippen molar-refractivity contribution in [2.75, 3.05) is 11.1 Å². The van der Waals surface area contributed by atoms with Crippen LogP contribution in [-0.2, 0) is 0 Å². The van der Waals surface area contributed by atoms with Gasteiger partial charge in [-0.05, 0) is 55.0 Å². The molecule has 21 heavy (non-hydrogen) atoms. The van der Waals surface area contributed by atoms with Crippen LogP contribution in [0.15, 0.2) is 47.8 Å². The van der Waals surface area contributed by atoms with Crippen molar-refractivity contribution in [2.45, 2.75) is 6.92 Å². The lowest BCUT2D eigenvalue weighted by atomic mass is 10.2. The van der Waals surface area contributed by atoms with E-state index in [2.05, 4.69) is 10.3 Å². The number of nitrogens with two attached hydrogens (primary N) is 1. The Morgan fingerprint density at radius 2 is 1.90 bits per heavy atom. The molecule has 0 saturated heterocycles. The van der Waals surface area contributed by atoms with Gasteiger partial charge in [-0.25, -0.2) is 9.37 Å². The van der Waals surface area contributed by atoms with E-state index >= 15 is 0 Å². The Balaban J connectivity index is 1.83. The standard InChI is InChI=1S/C16H14FN3S/c1-10-8-13(18)6-7-14(10)19-16-20-15(9-21-16)11-2-4-12(17)5-3-11/h2-9H,18H2,1H3,(H,19,20). The highest BCUT2D eigenvalue weighted by Gasteiger charge is 2.06. The van der Waals surface area contributed by atoms with Crippen LogP contribution in [0.3, 0.4) is 0 Å². The van der Waals surface area contributed by atoms with Crippen molar-refractivity contribution in [3.05, 3.63) is 59.2 Å². The molecule has 1 heterocycles. The molecular weight excluding hydrogens is 285 g/mol. The third kappa shape index (κ3) is 3.03. The molecule has 3 rings (SSSR count). The quantitative estimate of drug-likeness (QED) is 0.696. The van der Waals surface area contributed by atoms with Crippen molar-refractivity contribution >= 4 is 27.8 Å². The second-order valence-electron chi connectivity index (χ2n) is 4.74. The lowest BCUT2D eigenvalue weighted by Crippen LogP contribution is -1.94. The average molecular weight is 299 g/mol. The molecule has 1 aromatic heterocycles. The van der Waals surface area contributed by atoms with E-state index in [4.69, 9.17) is 5.73 Å². The van der Waals surface area contributed by atoms with Crippen LogP contribution in [0.5, 0.6) is 0 Å². The first kappa shape index (κ1) is 13.6.